The molecule has 0 unspecified atom stereocenters. The largest absolute Gasteiger partial charge is 0.379 e. The van der Waals surface area contributed by atoms with Crippen molar-refractivity contribution in [2.75, 3.05) is 33.4 Å². The lowest BCUT2D eigenvalue weighted by atomic mass is 10.1. The van der Waals surface area contributed by atoms with E-state index in [4.69, 9.17) is 4.74 Å². The lowest BCUT2D eigenvalue weighted by molar-refractivity contribution is 0.0342. The highest BCUT2D eigenvalue weighted by molar-refractivity contribution is 5.80. The van der Waals surface area contributed by atoms with E-state index in [0.29, 0.717) is 0 Å². The smallest absolute Gasteiger partial charge is 0.191 e. The van der Waals surface area contributed by atoms with Gasteiger partial charge in [-0.15, -0.1) is 0 Å². The average molecular weight is 318 g/mol. The molecular formula is C18H30N4O. The van der Waals surface area contributed by atoms with Gasteiger partial charge < -0.3 is 15.4 Å². The van der Waals surface area contributed by atoms with Crippen LogP contribution in [0.5, 0.6) is 0 Å². The van der Waals surface area contributed by atoms with Gasteiger partial charge in [0.15, 0.2) is 5.96 Å². The Kier molecular flexibility index (Phi) is 6.42. The topological polar surface area (TPSA) is 48.9 Å². The van der Waals surface area contributed by atoms with E-state index in [1.807, 2.05) is 0 Å². The molecule has 2 N–H and O–H groups in total. The maximum Gasteiger partial charge on any atom is 0.191 e. The highest BCUT2D eigenvalue weighted by Gasteiger charge is 2.12. The molecule has 0 amide bonds. The fourth-order valence-corrected chi connectivity index (χ4v) is 2.50. The standard InChI is InChI=1S/C18H30N4O/c1-18(2,3)21-17(19-4)20-13-15-5-7-16(8-6-15)14-22-9-11-23-12-10-22/h5-8H,9-14H2,1-4H3,(H2,19,20,21). The van der Waals surface area contributed by atoms with Crippen LogP contribution < -0.4 is 10.6 Å². The molecule has 0 spiro atoms. The fraction of sp³-hybridized carbons (Fsp3) is 0.611. The van der Waals surface area contributed by atoms with Crippen molar-refractivity contribution in [2.24, 2.45) is 4.99 Å². The van der Waals surface area contributed by atoms with Crippen molar-refractivity contribution in [3.8, 4) is 0 Å². The van der Waals surface area contributed by atoms with Crippen LogP contribution in [0.3, 0.4) is 0 Å². The molecule has 1 saturated heterocycles. The molecule has 1 aromatic rings. The van der Waals surface area contributed by atoms with Gasteiger partial charge >= 0.3 is 0 Å². The molecule has 0 bridgehead atoms. The zero-order valence-electron chi connectivity index (χ0n) is 14.9. The van der Waals surface area contributed by atoms with Gasteiger partial charge in [-0.3, -0.25) is 9.89 Å². The quantitative estimate of drug-likeness (QED) is 0.658. The van der Waals surface area contributed by atoms with Gasteiger partial charge in [0.2, 0.25) is 0 Å². The molecule has 0 aromatic heterocycles. The fourth-order valence-electron chi connectivity index (χ4n) is 2.50. The number of nitrogens with zero attached hydrogens (tertiary/aromatic N) is 2. The van der Waals surface area contributed by atoms with E-state index in [9.17, 15) is 0 Å². The SMILES string of the molecule is CN=C(NCc1ccc(CN2CCOCC2)cc1)NC(C)(C)C. The summed E-state index contributed by atoms with van der Waals surface area (Å²) in [5, 5.41) is 6.72. The Hall–Kier alpha value is -1.59. The van der Waals surface area contributed by atoms with E-state index in [0.717, 1.165) is 45.4 Å². The molecule has 0 radical (unpaired) electrons. The first-order valence-corrected chi connectivity index (χ1v) is 8.33. The summed E-state index contributed by atoms with van der Waals surface area (Å²) >= 11 is 0. The predicted octanol–water partition coefficient (Wildman–Crippen LogP) is 1.98. The van der Waals surface area contributed by atoms with Gasteiger partial charge in [-0.2, -0.15) is 0 Å². The van der Waals surface area contributed by atoms with Gasteiger partial charge in [-0.05, 0) is 31.9 Å². The molecule has 5 heteroatoms. The van der Waals surface area contributed by atoms with Crippen LogP contribution in [0.15, 0.2) is 29.3 Å². The van der Waals surface area contributed by atoms with Crippen molar-refractivity contribution in [3.05, 3.63) is 35.4 Å². The summed E-state index contributed by atoms with van der Waals surface area (Å²) in [6.07, 6.45) is 0. The second-order valence-electron chi connectivity index (χ2n) is 7.01. The first-order chi connectivity index (χ1) is 11.0. The molecular weight excluding hydrogens is 288 g/mol. The minimum absolute atomic E-state index is 0.00383. The summed E-state index contributed by atoms with van der Waals surface area (Å²) < 4.78 is 5.39. The van der Waals surface area contributed by atoms with Crippen LogP contribution in [0.2, 0.25) is 0 Å². The van der Waals surface area contributed by atoms with E-state index in [1.54, 1.807) is 7.05 Å². The molecule has 1 aliphatic rings. The zero-order chi connectivity index (χ0) is 16.7. The average Bonchev–Trinajstić information content (AvgIpc) is 2.53. The lowest BCUT2D eigenvalue weighted by Crippen LogP contribution is -2.47. The molecule has 1 aromatic carbocycles. The first-order valence-electron chi connectivity index (χ1n) is 8.33. The molecule has 1 fully saturated rings. The van der Waals surface area contributed by atoms with Gasteiger partial charge in [0.25, 0.3) is 0 Å². The highest BCUT2D eigenvalue weighted by atomic mass is 16.5. The zero-order valence-corrected chi connectivity index (χ0v) is 14.9. The third-order valence-corrected chi connectivity index (χ3v) is 3.71. The third-order valence-electron chi connectivity index (χ3n) is 3.71. The minimum Gasteiger partial charge on any atom is -0.379 e. The molecule has 2 rings (SSSR count). The third kappa shape index (κ3) is 6.59. The van der Waals surface area contributed by atoms with E-state index in [1.165, 1.54) is 11.1 Å². The Labute approximate surface area is 140 Å². The van der Waals surface area contributed by atoms with Crippen LogP contribution in [-0.4, -0.2) is 49.7 Å². The van der Waals surface area contributed by atoms with Crippen LogP contribution >= 0.6 is 0 Å². The number of morpholine rings is 1. The van der Waals surface area contributed by atoms with E-state index in [-0.39, 0.29) is 5.54 Å². The number of guanidine groups is 1. The Morgan fingerprint density at radius 1 is 1.13 bits per heavy atom. The molecule has 1 aliphatic heterocycles. The summed E-state index contributed by atoms with van der Waals surface area (Å²) in [4.78, 5) is 6.70. The van der Waals surface area contributed by atoms with Crippen molar-refractivity contribution in [1.82, 2.24) is 15.5 Å². The van der Waals surface area contributed by atoms with Gasteiger partial charge in [-0.1, -0.05) is 24.3 Å². The van der Waals surface area contributed by atoms with Gasteiger partial charge in [0, 0.05) is 38.8 Å². The molecule has 0 aliphatic carbocycles. The molecule has 5 nitrogen and oxygen atoms in total. The number of benzene rings is 1. The summed E-state index contributed by atoms with van der Waals surface area (Å²) in [5.41, 5.74) is 2.62. The monoisotopic (exact) mass is 318 g/mol. The number of rotatable bonds is 4. The summed E-state index contributed by atoms with van der Waals surface area (Å²) in [6.45, 7) is 11.9. The van der Waals surface area contributed by atoms with Gasteiger partial charge in [0.05, 0.1) is 13.2 Å². The summed E-state index contributed by atoms with van der Waals surface area (Å²) in [5.74, 6) is 0.829. The van der Waals surface area contributed by atoms with Crippen molar-refractivity contribution in [1.29, 1.82) is 0 Å². The Morgan fingerprint density at radius 2 is 1.74 bits per heavy atom. The van der Waals surface area contributed by atoms with Crippen LogP contribution in [0.1, 0.15) is 31.9 Å². The van der Waals surface area contributed by atoms with Crippen molar-refractivity contribution < 1.29 is 4.74 Å². The molecule has 0 saturated carbocycles. The summed E-state index contributed by atoms with van der Waals surface area (Å²) in [7, 11) is 1.80. The maximum absolute atomic E-state index is 5.39. The molecule has 23 heavy (non-hydrogen) atoms. The maximum atomic E-state index is 5.39. The summed E-state index contributed by atoms with van der Waals surface area (Å²) in [6, 6.07) is 8.80. The van der Waals surface area contributed by atoms with Crippen molar-refractivity contribution >= 4 is 5.96 Å². The van der Waals surface area contributed by atoms with Crippen molar-refractivity contribution in [2.45, 2.75) is 39.4 Å². The van der Waals surface area contributed by atoms with Crippen LogP contribution in [-0.2, 0) is 17.8 Å². The number of ether oxygens (including phenoxy) is 1. The Bertz CT molecular complexity index is 499. The van der Waals surface area contributed by atoms with Crippen LogP contribution in [0, 0.1) is 0 Å². The number of hydrogen-bond acceptors (Lipinski definition) is 3. The number of nitrogens with one attached hydrogen (secondary N) is 2. The number of aliphatic imine (C=N–C) groups is 1. The normalized spacial score (nSPS) is 17.1. The van der Waals surface area contributed by atoms with Crippen molar-refractivity contribution in [3.63, 3.8) is 0 Å². The molecule has 128 valence electrons. The number of hydrogen-bond donors (Lipinski definition) is 2. The lowest BCUT2D eigenvalue weighted by Gasteiger charge is -2.26. The Morgan fingerprint density at radius 3 is 2.30 bits per heavy atom. The second-order valence-corrected chi connectivity index (χ2v) is 7.01. The first kappa shape index (κ1) is 17.8. The van der Waals surface area contributed by atoms with Crippen LogP contribution in [0.4, 0.5) is 0 Å². The van der Waals surface area contributed by atoms with E-state index in [2.05, 4.69) is 65.6 Å². The Balaban J connectivity index is 1.82. The van der Waals surface area contributed by atoms with E-state index >= 15 is 0 Å². The molecule has 1 heterocycles. The van der Waals surface area contributed by atoms with E-state index < -0.39 is 0 Å². The second kappa shape index (κ2) is 8.31. The van der Waals surface area contributed by atoms with Gasteiger partial charge in [-0.25, -0.2) is 0 Å². The highest BCUT2D eigenvalue weighted by Crippen LogP contribution is 2.09. The minimum atomic E-state index is 0.00383. The van der Waals surface area contributed by atoms with Crippen LogP contribution in [0.25, 0.3) is 0 Å². The molecule has 0 atom stereocenters. The predicted molar refractivity (Wildman–Crippen MR) is 95.6 cm³/mol. The van der Waals surface area contributed by atoms with Gasteiger partial charge in [0.1, 0.15) is 0 Å².